The fourth-order valence-corrected chi connectivity index (χ4v) is 3.82. The van der Waals surface area contributed by atoms with Gasteiger partial charge in [-0.3, -0.25) is 9.59 Å². The summed E-state index contributed by atoms with van der Waals surface area (Å²) in [4.78, 5) is 25.1. The molecule has 0 spiro atoms. The predicted octanol–water partition coefficient (Wildman–Crippen LogP) is 2.80. The molecule has 1 saturated heterocycles. The summed E-state index contributed by atoms with van der Waals surface area (Å²) in [5.74, 6) is -0.560. The maximum Gasteiger partial charge on any atom is 0.313 e. The molecule has 1 aliphatic carbocycles. The van der Waals surface area contributed by atoms with E-state index in [0.29, 0.717) is 18.5 Å². The second-order valence-corrected chi connectivity index (χ2v) is 7.43. The van der Waals surface area contributed by atoms with E-state index in [2.05, 4.69) is 5.32 Å². The lowest BCUT2D eigenvalue weighted by Crippen LogP contribution is -2.50. The number of hydrogen-bond donors (Lipinski definition) is 2. The minimum atomic E-state index is -1.11. The van der Waals surface area contributed by atoms with Crippen molar-refractivity contribution in [2.24, 2.45) is 10.8 Å². The quantitative estimate of drug-likeness (QED) is 0.841. The summed E-state index contributed by atoms with van der Waals surface area (Å²) in [6.45, 7) is 7.43. The second-order valence-electron chi connectivity index (χ2n) is 7.43. The maximum absolute atomic E-state index is 12.9. The summed E-state index contributed by atoms with van der Waals surface area (Å²) in [5, 5.41) is 12.4. The van der Waals surface area contributed by atoms with Gasteiger partial charge in [0.25, 0.3) is 5.91 Å². The molecular weight excluding hydrogens is 294 g/mol. The first-order valence-electron chi connectivity index (χ1n) is 7.97. The first kappa shape index (κ1) is 16.0. The van der Waals surface area contributed by atoms with E-state index in [9.17, 15) is 14.7 Å². The lowest BCUT2D eigenvalue weighted by Gasteiger charge is -2.35. The van der Waals surface area contributed by atoms with Crippen LogP contribution in [0.15, 0.2) is 24.3 Å². The molecule has 1 aromatic carbocycles. The Labute approximate surface area is 136 Å². The Morgan fingerprint density at radius 2 is 1.83 bits per heavy atom. The molecule has 0 radical (unpaired) electrons. The van der Waals surface area contributed by atoms with Crippen LogP contribution in [0.2, 0.25) is 0 Å². The number of benzene rings is 1. The molecule has 2 aliphatic rings. The van der Waals surface area contributed by atoms with Crippen molar-refractivity contribution in [2.45, 2.75) is 52.2 Å². The van der Waals surface area contributed by atoms with Gasteiger partial charge in [0.05, 0.1) is 11.5 Å². The van der Waals surface area contributed by atoms with E-state index >= 15 is 0 Å². The Balaban J connectivity index is 1.85. The van der Waals surface area contributed by atoms with Crippen LogP contribution in [0.5, 0.6) is 0 Å². The summed E-state index contributed by atoms with van der Waals surface area (Å²) in [6, 6.07) is 7.02. The molecule has 1 aliphatic heterocycles. The normalized spacial score (nSPS) is 32.5. The summed E-state index contributed by atoms with van der Waals surface area (Å²) >= 11 is 0. The molecular formula is C18H23NO4. The Morgan fingerprint density at radius 1 is 1.22 bits per heavy atom. The van der Waals surface area contributed by atoms with Crippen LogP contribution in [0.4, 0.5) is 5.69 Å². The first-order valence-corrected chi connectivity index (χ1v) is 7.97. The highest BCUT2D eigenvalue weighted by atomic mass is 16.6. The predicted molar refractivity (Wildman–Crippen MR) is 85.7 cm³/mol. The van der Waals surface area contributed by atoms with Crippen LogP contribution in [0, 0.1) is 10.8 Å². The van der Waals surface area contributed by atoms with E-state index in [1.165, 1.54) is 0 Å². The standard InChI is InChI=1S/C18H23NO4/c1-11(20)12-5-7-13(8-6-12)19-14(21)18-10-9-17(4,15(22)23-18)16(18,2)3/h5-8,11,20H,9-10H2,1-4H3,(H,19,21)/t11-,17-,18-/m0/s1. The van der Waals surface area contributed by atoms with Crippen LogP contribution in [0.25, 0.3) is 0 Å². The number of aliphatic hydroxyl groups is 1. The molecule has 2 bridgehead atoms. The van der Waals surface area contributed by atoms with Gasteiger partial charge in [0.15, 0.2) is 5.60 Å². The van der Waals surface area contributed by atoms with Crippen molar-refractivity contribution in [1.82, 2.24) is 0 Å². The smallest absolute Gasteiger partial charge is 0.313 e. The Kier molecular flexibility index (Phi) is 3.34. The number of amides is 1. The number of ether oxygens (including phenoxy) is 1. The Bertz CT molecular complexity index is 664. The van der Waals surface area contributed by atoms with Crippen LogP contribution in [0.3, 0.4) is 0 Å². The Morgan fingerprint density at radius 3 is 2.26 bits per heavy atom. The van der Waals surface area contributed by atoms with E-state index in [1.807, 2.05) is 20.8 Å². The molecule has 124 valence electrons. The van der Waals surface area contributed by atoms with Crippen LogP contribution in [0.1, 0.15) is 52.2 Å². The van der Waals surface area contributed by atoms with Gasteiger partial charge in [-0.25, -0.2) is 0 Å². The number of carbonyl (C=O) groups excluding carboxylic acids is 2. The zero-order valence-corrected chi connectivity index (χ0v) is 14.0. The van der Waals surface area contributed by atoms with Crippen molar-refractivity contribution >= 4 is 17.6 Å². The fourth-order valence-electron chi connectivity index (χ4n) is 3.82. The highest BCUT2D eigenvalue weighted by Crippen LogP contribution is 2.65. The van der Waals surface area contributed by atoms with Gasteiger partial charge in [0.1, 0.15) is 0 Å². The SMILES string of the molecule is C[C@H](O)c1ccc(NC(=O)[C@]23CC[C@@](C)(C(=O)O2)C3(C)C)cc1. The average molecular weight is 317 g/mol. The highest BCUT2D eigenvalue weighted by Gasteiger charge is 2.75. The van der Waals surface area contributed by atoms with Crippen LogP contribution >= 0.6 is 0 Å². The fraction of sp³-hybridized carbons (Fsp3) is 0.556. The molecule has 1 aromatic rings. The molecule has 5 nitrogen and oxygen atoms in total. The highest BCUT2D eigenvalue weighted by molar-refractivity contribution is 6.03. The maximum atomic E-state index is 12.9. The summed E-state index contributed by atoms with van der Waals surface area (Å²) < 4.78 is 5.57. The average Bonchev–Trinajstić information content (AvgIpc) is 2.78. The van der Waals surface area contributed by atoms with Gasteiger partial charge in [0.2, 0.25) is 0 Å². The van der Waals surface area contributed by atoms with Gasteiger partial charge in [-0.2, -0.15) is 0 Å². The third-order valence-electron chi connectivity index (χ3n) is 6.10. The number of anilines is 1. The molecule has 3 rings (SSSR count). The van der Waals surface area contributed by atoms with E-state index in [-0.39, 0.29) is 11.9 Å². The minimum absolute atomic E-state index is 0.276. The largest absolute Gasteiger partial charge is 0.448 e. The van der Waals surface area contributed by atoms with Crippen LogP contribution in [-0.4, -0.2) is 22.6 Å². The van der Waals surface area contributed by atoms with E-state index < -0.39 is 22.5 Å². The van der Waals surface area contributed by atoms with Crippen molar-refractivity contribution < 1.29 is 19.4 Å². The van der Waals surface area contributed by atoms with Gasteiger partial charge in [-0.05, 0) is 44.4 Å². The first-order chi connectivity index (χ1) is 10.6. The number of aliphatic hydroxyl groups excluding tert-OH is 1. The topological polar surface area (TPSA) is 75.6 Å². The number of esters is 1. The molecule has 1 heterocycles. The number of carbonyl (C=O) groups is 2. The summed E-state index contributed by atoms with van der Waals surface area (Å²) in [7, 11) is 0. The third kappa shape index (κ3) is 1.96. The lowest BCUT2D eigenvalue weighted by molar-refractivity contribution is -0.165. The van der Waals surface area contributed by atoms with Crippen LogP contribution < -0.4 is 5.32 Å². The van der Waals surface area contributed by atoms with Gasteiger partial charge in [-0.1, -0.05) is 26.0 Å². The molecule has 23 heavy (non-hydrogen) atoms. The third-order valence-corrected chi connectivity index (χ3v) is 6.10. The molecule has 1 saturated carbocycles. The van der Waals surface area contributed by atoms with Gasteiger partial charge < -0.3 is 15.2 Å². The lowest BCUT2D eigenvalue weighted by atomic mass is 9.66. The van der Waals surface area contributed by atoms with E-state index in [1.54, 1.807) is 31.2 Å². The van der Waals surface area contributed by atoms with Crippen molar-refractivity contribution in [2.75, 3.05) is 5.32 Å². The summed E-state index contributed by atoms with van der Waals surface area (Å²) in [5.41, 5.74) is -0.869. The van der Waals surface area contributed by atoms with Gasteiger partial charge in [-0.15, -0.1) is 0 Å². The molecule has 0 unspecified atom stereocenters. The van der Waals surface area contributed by atoms with Crippen molar-refractivity contribution in [3.63, 3.8) is 0 Å². The van der Waals surface area contributed by atoms with Crippen molar-refractivity contribution in [3.05, 3.63) is 29.8 Å². The summed E-state index contributed by atoms with van der Waals surface area (Å²) in [6.07, 6.45) is 0.649. The molecule has 3 atom stereocenters. The molecule has 2 fully saturated rings. The van der Waals surface area contributed by atoms with Crippen molar-refractivity contribution in [3.8, 4) is 0 Å². The minimum Gasteiger partial charge on any atom is -0.448 e. The molecule has 5 heteroatoms. The van der Waals surface area contributed by atoms with Crippen molar-refractivity contribution in [1.29, 1.82) is 0 Å². The van der Waals surface area contributed by atoms with Gasteiger partial charge >= 0.3 is 5.97 Å². The Hall–Kier alpha value is -1.88. The molecule has 0 aromatic heterocycles. The second kappa shape index (κ2) is 4.81. The molecule has 2 N–H and O–H groups in total. The number of nitrogens with one attached hydrogen (secondary N) is 1. The monoisotopic (exact) mass is 317 g/mol. The van der Waals surface area contributed by atoms with E-state index in [0.717, 1.165) is 5.56 Å². The number of fused-ring (bicyclic) bond motifs is 2. The number of hydrogen-bond acceptors (Lipinski definition) is 4. The number of rotatable bonds is 3. The van der Waals surface area contributed by atoms with Gasteiger partial charge in [0, 0.05) is 11.1 Å². The zero-order valence-electron chi connectivity index (χ0n) is 14.0. The van der Waals surface area contributed by atoms with E-state index in [4.69, 9.17) is 4.74 Å². The van der Waals surface area contributed by atoms with Crippen LogP contribution in [-0.2, 0) is 14.3 Å². The molecule has 1 amide bonds. The zero-order chi connectivity index (χ0) is 17.0.